The highest BCUT2D eigenvalue weighted by molar-refractivity contribution is 5.96. The van der Waals surface area contributed by atoms with E-state index < -0.39 is 17.7 Å². The number of carbonyl (C=O) groups is 2. The molecule has 0 bridgehead atoms. The van der Waals surface area contributed by atoms with Gasteiger partial charge in [-0.15, -0.1) is 0 Å². The SMILES string of the molecule is COC(=O)CCNC(=O)c1cc(F)ccc1O. The summed E-state index contributed by atoms with van der Waals surface area (Å²) in [5.41, 5.74) is -0.171. The van der Waals surface area contributed by atoms with Gasteiger partial charge in [-0.2, -0.15) is 0 Å². The predicted octanol–water partition coefficient (Wildman–Crippen LogP) is 0.824. The van der Waals surface area contributed by atoms with Gasteiger partial charge in [0.15, 0.2) is 0 Å². The molecule has 6 heteroatoms. The van der Waals surface area contributed by atoms with Gasteiger partial charge in [-0.05, 0) is 18.2 Å². The van der Waals surface area contributed by atoms with Crippen molar-refractivity contribution in [1.29, 1.82) is 0 Å². The minimum Gasteiger partial charge on any atom is -0.507 e. The number of hydrogen-bond donors (Lipinski definition) is 2. The number of benzene rings is 1. The molecule has 1 amide bonds. The fourth-order valence-electron chi connectivity index (χ4n) is 1.17. The molecule has 5 nitrogen and oxygen atoms in total. The number of phenolic OH excluding ortho intramolecular Hbond substituents is 1. The molecule has 0 fully saturated rings. The van der Waals surface area contributed by atoms with Gasteiger partial charge in [-0.25, -0.2) is 4.39 Å². The normalized spacial score (nSPS) is 9.76. The zero-order valence-corrected chi connectivity index (χ0v) is 9.20. The zero-order valence-electron chi connectivity index (χ0n) is 9.20. The molecule has 0 atom stereocenters. The number of halogens is 1. The number of esters is 1. The highest BCUT2D eigenvalue weighted by Crippen LogP contribution is 2.17. The molecule has 0 radical (unpaired) electrons. The quantitative estimate of drug-likeness (QED) is 0.765. The Bertz CT molecular complexity index is 433. The second-order valence-corrected chi connectivity index (χ2v) is 3.24. The highest BCUT2D eigenvalue weighted by atomic mass is 19.1. The Balaban J connectivity index is 2.58. The number of ether oxygens (including phenoxy) is 1. The molecule has 0 heterocycles. The van der Waals surface area contributed by atoms with Crippen molar-refractivity contribution in [3.8, 4) is 5.75 Å². The smallest absolute Gasteiger partial charge is 0.307 e. The molecular formula is C11H12FNO4. The summed E-state index contributed by atoms with van der Waals surface area (Å²) in [5, 5.41) is 11.7. The minimum atomic E-state index is -0.647. The number of hydrogen-bond acceptors (Lipinski definition) is 4. The molecule has 0 saturated heterocycles. The number of phenols is 1. The standard InChI is InChI=1S/C11H12FNO4/c1-17-10(15)4-5-13-11(16)8-6-7(12)2-3-9(8)14/h2-3,6,14H,4-5H2,1H3,(H,13,16). The van der Waals surface area contributed by atoms with Crippen molar-refractivity contribution < 1.29 is 23.8 Å². The van der Waals surface area contributed by atoms with E-state index in [-0.39, 0.29) is 24.3 Å². The fraction of sp³-hybridized carbons (Fsp3) is 0.273. The number of amides is 1. The number of nitrogens with one attached hydrogen (secondary N) is 1. The first-order valence-electron chi connectivity index (χ1n) is 4.88. The molecule has 17 heavy (non-hydrogen) atoms. The van der Waals surface area contributed by atoms with Crippen LogP contribution in [0.2, 0.25) is 0 Å². The Kier molecular flexibility index (Phi) is 4.45. The lowest BCUT2D eigenvalue weighted by Gasteiger charge is -2.06. The van der Waals surface area contributed by atoms with Gasteiger partial charge in [0.1, 0.15) is 11.6 Å². The molecule has 0 spiro atoms. The number of carbonyl (C=O) groups excluding carboxylic acids is 2. The maximum Gasteiger partial charge on any atom is 0.307 e. The first kappa shape index (κ1) is 13.0. The van der Waals surface area contributed by atoms with E-state index in [9.17, 15) is 19.1 Å². The summed E-state index contributed by atoms with van der Waals surface area (Å²) in [6, 6.07) is 3.05. The third-order valence-electron chi connectivity index (χ3n) is 2.05. The van der Waals surface area contributed by atoms with Crippen LogP contribution in [0, 0.1) is 5.82 Å². The third kappa shape index (κ3) is 3.75. The van der Waals surface area contributed by atoms with Gasteiger partial charge in [0.25, 0.3) is 5.91 Å². The van der Waals surface area contributed by atoms with Gasteiger partial charge in [0.05, 0.1) is 19.1 Å². The van der Waals surface area contributed by atoms with Crippen molar-refractivity contribution in [3.63, 3.8) is 0 Å². The summed E-state index contributed by atoms with van der Waals surface area (Å²) < 4.78 is 17.2. The molecular weight excluding hydrogens is 229 g/mol. The maximum atomic E-state index is 12.8. The van der Waals surface area contributed by atoms with Crippen molar-refractivity contribution in [2.24, 2.45) is 0 Å². The van der Waals surface area contributed by atoms with Crippen LogP contribution in [0.15, 0.2) is 18.2 Å². The molecule has 2 N–H and O–H groups in total. The van der Waals surface area contributed by atoms with Gasteiger partial charge in [-0.3, -0.25) is 9.59 Å². The van der Waals surface area contributed by atoms with E-state index in [1.807, 2.05) is 0 Å². The van der Waals surface area contributed by atoms with Crippen LogP contribution in [-0.2, 0) is 9.53 Å². The van der Waals surface area contributed by atoms with Gasteiger partial charge in [0, 0.05) is 6.54 Å². The summed E-state index contributed by atoms with van der Waals surface area (Å²) in [6.07, 6.45) is 0.0122. The average Bonchev–Trinajstić information content (AvgIpc) is 2.31. The molecule has 0 aliphatic carbocycles. The third-order valence-corrected chi connectivity index (χ3v) is 2.05. The van der Waals surface area contributed by atoms with E-state index in [4.69, 9.17) is 0 Å². The Morgan fingerprint density at radius 2 is 2.18 bits per heavy atom. The van der Waals surface area contributed by atoms with Crippen molar-refractivity contribution in [2.75, 3.05) is 13.7 Å². The van der Waals surface area contributed by atoms with Gasteiger partial charge in [0.2, 0.25) is 0 Å². The maximum absolute atomic E-state index is 12.8. The first-order valence-corrected chi connectivity index (χ1v) is 4.88. The van der Waals surface area contributed by atoms with Crippen molar-refractivity contribution in [3.05, 3.63) is 29.6 Å². The lowest BCUT2D eigenvalue weighted by molar-refractivity contribution is -0.140. The fourth-order valence-corrected chi connectivity index (χ4v) is 1.17. The molecule has 0 aromatic heterocycles. The average molecular weight is 241 g/mol. The molecule has 92 valence electrons. The van der Waals surface area contributed by atoms with Crippen molar-refractivity contribution >= 4 is 11.9 Å². The van der Waals surface area contributed by atoms with E-state index >= 15 is 0 Å². The second kappa shape index (κ2) is 5.83. The Hall–Kier alpha value is -2.11. The topological polar surface area (TPSA) is 75.6 Å². The number of rotatable bonds is 4. The summed E-state index contributed by atoms with van der Waals surface area (Å²) in [7, 11) is 1.24. The zero-order chi connectivity index (χ0) is 12.8. The Morgan fingerprint density at radius 1 is 1.47 bits per heavy atom. The molecule has 0 aliphatic rings. The highest BCUT2D eigenvalue weighted by Gasteiger charge is 2.12. The Morgan fingerprint density at radius 3 is 2.82 bits per heavy atom. The lowest BCUT2D eigenvalue weighted by Crippen LogP contribution is -2.26. The van der Waals surface area contributed by atoms with Crippen LogP contribution in [0.1, 0.15) is 16.8 Å². The van der Waals surface area contributed by atoms with Gasteiger partial charge in [-0.1, -0.05) is 0 Å². The predicted molar refractivity (Wildman–Crippen MR) is 57.0 cm³/mol. The molecule has 1 aromatic rings. The first-order chi connectivity index (χ1) is 8.04. The second-order valence-electron chi connectivity index (χ2n) is 3.24. The summed E-state index contributed by atoms with van der Waals surface area (Å²) in [4.78, 5) is 22.3. The van der Waals surface area contributed by atoms with Crippen LogP contribution in [-0.4, -0.2) is 30.6 Å². The minimum absolute atomic E-state index is 0.0122. The van der Waals surface area contributed by atoms with Crippen LogP contribution >= 0.6 is 0 Å². The summed E-state index contributed by atoms with van der Waals surface area (Å²) in [6.45, 7) is 0.0570. The van der Waals surface area contributed by atoms with E-state index in [2.05, 4.69) is 10.1 Å². The number of methoxy groups -OCH3 is 1. The van der Waals surface area contributed by atoms with Crippen LogP contribution in [0.5, 0.6) is 5.75 Å². The molecule has 0 aliphatic heterocycles. The van der Waals surface area contributed by atoms with Gasteiger partial charge < -0.3 is 15.2 Å². The van der Waals surface area contributed by atoms with E-state index in [1.165, 1.54) is 7.11 Å². The molecule has 1 aromatic carbocycles. The van der Waals surface area contributed by atoms with Crippen LogP contribution in [0.25, 0.3) is 0 Å². The molecule has 0 unspecified atom stereocenters. The van der Waals surface area contributed by atoms with Gasteiger partial charge >= 0.3 is 5.97 Å². The van der Waals surface area contributed by atoms with Crippen LogP contribution in [0.4, 0.5) is 4.39 Å². The van der Waals surface area contributed by atoms with E-state index in [1.54, 1.807) is 0 Å². The molecule has 1 rings (SSSR count). The lowest BCUT2D eigenvalue weighted by atomic mass is 10.2. The van der Waals surface area contributed by atoms with E-state index in [0.29, 0.717) is 0 Å². The van der Waals surface area contributed by atoms with Crippen LogP contribution < -0.4 is 5.32 Å². The monoisotopic (exact) mass is 241 g/mol. The van der Waals surface area contributed by atoms with Crippen molar-refractivity contribution in [2.45, 2.75) is 6.42 Å². The van der Waals surface area contributed by atoms with E-state index in [0.717, 1.165) is 18.2 Å². The number of aromatic hydroxyl groups is 1. The summed E-state index contributed by atoms with van der Waals surface area (Å²) >= 11 is 0. The molecule has 0 saturated carbocycles. The summed E-state index contributed by atoms with van der Waals surface area (Å²) in [5.74, 6) is -2.05. The van der Waals surface area contributed by atoms with Crippen molar-refractivity contribution in [1.82, 2.24) is 5.32 Å². The largest absolute Gasteiger partial charge is 0.507 e. The van der Waals surface area contributed by atoms with Crippen LogP contribution in [0.3, 0.4) is 0 Å². The Labute approximate surface area is 97.2 Å².